The van der Waals surface area contributed by atoms with Crippen LogP contribution in [0.1, 0.15) is 5.56 Å². The maximum Gasteiger partial charge on any atom is 0.258 e. The highest BCUT2D eigenvalue weighted by atomic mass is 16.1. The van der Waals surface area contributed by atoms with E-state index >= 15 is 0 Å². The summed E-state index contributed by atoms with van der Waals surface area (Å²) >= 11 is 0. The largest absolute Gasteiger partial charge is 0.404 e. The number of hydrogen-bond acceptors (Lipinski definition) is 3. The zero-order valence-corrected chi connectivity index (χ0v) is 10.4. The average molecular weight is 241 g/mol. The molecule has 0 unspecified atom stereocenters. The van der Waals surface area contributed by atoms with Crippen molar-refractivity contribution in [3.05, 3.63) is 52.6 Å². The zero-order chi connectivity index (χ0) is 13.1. The van der Waals surface area contributed by atoms with Gasteiger partial charge in [0.1, 0.15) is 0 Å². The molecule has 1 aromatic heterocycles. The van der Waals surface area contributed by atoms with Gasteiger partial charge < -0.3 is 10.3 Å². The molecule has 0 saturated heterocycles. The molecule has 0 atom stereocenters. The van der Waals surface area contributed by atoms with E-state index < -0.39 is 0 Å². The van der Waals surface area contributed by atoms with Gasteiger partial charge in [-0.2, -0.15) is 0 Å². The number of fused-ring (bicyclic) bond motifs is 1. The van der Waals surface area contributed by atoms with Gasteiger partial charge in [0.25, 0.3) is 5.56 Å². The molecule has 0 radical (unpaired) electrons. The molecule has 0 aliphatic carbocycles. The summed E-state index contributed by atoms with van der Waals surface area (Å²) in [6.45, 7) is 0. The van der Waals surface area contributed by atoms with Gasteiger partial charge in [-0.15, -0.1) is 0 Å². The molecule has 0 saturated carbocycles. The topological polar surface area (TPSA) is 60.4 Å². The Morgan fingerprint density at radius 1 is 1.39 bits per heavy atom. The Morgan fingerprint density at radius 2 is 2.17 bits per heavy atom. The molecule has 0 aliphatic rings. The predicted molar refractivity (Wildman–Crippen MR) is 75.8 cm³/mol. The second-order valence-corrected chi connectivity index (χ2v) is 4.04. The third-order valence-corrected chi connectivity index (χ3v) is 2.86. The first kappa shape index (κ1) is 12.1. The number of rotatable bonds is 2. The number of hydrogen-bond donors (Lipinski definition) is 1. The van der Waals surface area contributed by atoms with Gasteiger partial charge in [0.2, 0.25) is 0 Å². The second kappa shape index (κ2) is 4.87. The Morgan fingerprint density at radius 3 is 2.83 bits per heavy atom. The number of nitrogens with two attached hydrogens (primary N) is 1. The summed E-state index contributed by atoms with van der Waals surface area (Å²) in [7, 11) is 3.44. The van der Waals surface area contributed by atoms with Crippen molar-refractivity contribution in [2.45, 2.75) is 0 Å². The minimum Gasteiger partial charge on any atom is -0.404 e. The molecule has 0 bridgehead atoms. The smallest absolute Gasteiger partial charge is 0.258 e. The van der Waals surface area contributed by atoms with Gasteiger partial charge >= 0.3 is 0 Å². The van der Waals surface area contributed by atoms with Crippen LogP contribution in [0.2, 0.25) is 0 Å². The molecule has 0 fully saturated rings. The van der Waals surface area contributed by atoms with Gasteiger partial charge in [0.05, 0.1) is 0 Å². The van der Waals surface area contributed by atoms with Gasteiger partial charge in [-0.1, -0.05) is 6.07 Å². The lowest BCUT2D eigenvalue weighted by molar-refractivity contribution is 0.873. The fourth-order valence-electron chi connectivity index (χ4n) is 1.88. The molecule has 1 aromatic carbocycles. The maximum atomic E-state index is 11.9. The normalized spacial score (nSPS) is 12.4. The average Bonchev–Trinajstić information content (AvgIpc) is 2.40. The molecule has 2 rings (SSSR count). The quantitative estimate of drug-likeness (QED) is 0.811. The van der Waals surface area contributed by atoms with Crippen molar-refractivity contribution in [2.75, 3.05) is 7.05 Å². The SMILES string of the molecule is CN=CC(=CN)c1ccc2c(=O)n(C)ccc2c1. The van der Waals surface area contributed by atoms with E-state index in [1.165, 1.54) is 6.20 Å². The zero-order valence-electron chi connectivity index (χ0n) is 10.4. The Hall–Kier alpha value is -2.36. The summed E-state index contributed by atoms with van der Waals surface area (Å²) in [5.41, 5.74) is 7.35. The highest BCUT2D eigenvalue weighted by molar-refractivity contribution is 6.10. The van der Waals surface area contributed by atoms with E-state index in [4.69, 9.17) is 5.73 Å². The minimum atomic E-state index is 0.00138. The van der Waals surface area contributed by atoms with Crippen LogP contribution in [0.4, 0.5) is 0 Å². The molecule has 2 N–H and O–H groups in total. The van der Waals surface area contributed by atoms with Gasteiger partial charge in [-0.05, 0) is 29.1 Å². The van der Waals surface area contributed by atoms with E-state index in [9.17, 15) is 4.79 Å². The van der Waals surface area contributed by atoms with Gasteiger partial charge in [-0.3, -0.25) is 9.79 Å². The number of allylic oxidation sites excluding steroid dienone is 1. The third-order valence-electron chi connectivity index (χ3n) is 2.86. The lowest BCUT2D eigenvalue weighted by Crippen LogP contribution is -2.15. The number of aliphatic imine (C=N–C) groups is 1. The lowest BCUT2D eigenvalue weighted by atomic mass is 10.0. The van der Waals surface area contributed by atoms with Crippen LogP contribution < -0.4 is 11.3 Å². The summed E-state index contributed by atoms with van der Waals surface area (Å²) in [5, 5.41) is 1.60. The summed E-state index contributed by atoms with van der Waals surface area (Å²) in [4.78, 5) is 15.9. The maximum absolute atomic E-state index is 11.9. The van der Waals surface area contributed by atoms with Crippen molar-refractivity contribution < 1.29 is 0 Å². The van der Waals surface area contributed by atoms with Gasteiger partial charge in [0.15, 0.2) is 0 Å². The molecule has 2 aromatic rings. The van der Waals surface area contributed by atoms with Crippen molar-refractivity contribution in [3.8, 4) is 0 Å². The van der Waals surface area contributed by atoms with Crippen LogP contribution in [0.3, 0.4) is 0 Å². The van der Waals surface area contributed by atoms with E-state index in [1.54, 1.807) is 31.1 Å². The first-order chi connectivity index (χ1) is 8.67. The molecule has 4 heteroatoms. The van der Waals surface area contributed by atoms with Gasteiger partial charge in [0, 0.05) is 43.7 Å². The van der Waals surface area contributed by atoms with Gasteiger partial charge in [-0.25, -0.2) is 0 Å². The fraction of sp³-hybridized carbons (Fsp3) is 0.143. The highest BCUT2D eigenvalue weighted by Gasteiger charge is 2.03. The van der Waals surface area contributed by atoms with E-state index in [2.05, 4.69) is 4.99 Å². The van der Waals surface area contributed by atoms with E-state index in [-0.39, 0.29) is 5.56 Å². The number of pyridine rings is 1. The Balaban J connectivity index is 2.66. The molecular formula is C14H15N3O. The van der Waals surface area contributed by atoms with Crippen LogP contribution in [0.5, 0.6) is 0 Å². The van der Waals surface area contributed by atoms with E-state index in [1.807, 2.05) is 24.3 Å². The van der Waals surface area contributed by atoms with Crippen molar-refractivity contribution in [2.24, 2.45) is 17.8 Å². The second-order valence-electron chi connectivity index (χ2n) is 4.04. The third kappa shape index (κ3) is 2.05. The molecule has 92 valence electrons. The summed E-state index contributed by atoms with van der Waals surface area (Å²) in [6.07, 6.45) is 4.96. The van der Waals surface area contributed by atoms with Crippen molar-refractivity contribution in [1.82, 2.24) is 4.57 Å². The van der Waals surface area contributed by atoms with Crippen LogP contribution in [-0.2, 0) is 7.05 Å². The monoisotopic (exact) mass is 241 g/mol. The fourth-order valence-corrected chi connectivity index (χ4v) is 1.88. The number of benzene rings is 1. The van der Waals surface area contributed by atoms with Crippen LogP contribution in [-0.4, -0.2) is 17.8 Å². The highest BCUT2D eigenvalue weighted by Crippen LogP contribution is 2.17. The van der Waals surface area contributed by atoms with E-state index in [0.29, 0.717) is 5.39 Å². The summed E-state index contributed by atoms with van der Waals surface area (Å²) in [5.74, 6) is 0. The molecule has 0 amide bonds. The number of nitrogens with zero attached hydrogens (tertiary/aromatic N) is 2. The molecular weight excluding hydrogens is 226 g/mol. The molecule has 18 heavy (non-hydrogen) atoms. The Kier molecular flexibility index (Phi) is 3.28. The first-order valence-corrected chi connectivity index (χ1v) is 5.61. The Bertz CT molecular complexity index is 696. The lowest BCUT2D eigenvalue weighted by Gasteiger charge is -2.05. The number of aromatic nitrogens is 1. The summed E-state index contributed by atoms with van der Waals surface area (Å²) < 4.78 is 1.56. The minimum absolute atomic E-state index is 0.00138. The molecule has 0 aliphatic heterocycles. The molecule has 1 heterocycles. The predicted octanol–water partition coefficient (Wildman–Crippen LogP) is 1.54. The first-order valence-electron chi connectivity index (χ1n) is 5.61. The van der Waals surface area contributed by atoms with Crippen molar-refractivity contribution >= 4 is 22.6 Å². The number of aryl methyl sites for hydroxylation is 1. The van der Waals surface area contributed by atoms with Crippen molar-refractivity contribution in [1.29, 1.82) is 0 Å². The van der Waals surface area contributed by atoms with Crippen LogP contribution in [0, 0.1) is 0 Å². The van der Waals surface area contributed by atoms with Crippen molar-refractivity contribution in [3.63, 3.8) is 0 Å². The molecule has 4 nitrogen and oxygen atoms in total. The van der Waals surface area contributed by atoms with Crippen LogP contribution in [0.15, 0.2) is 46.4 Å². The molecule has 0 spiro atoms. The van der Waals surface area contributed by atoms with E-state index in [0.717, 1.165) is 16.5 Å². The van der Waals surface area contributed by atoms with Crippen LogP contribution in [0.25, 0.3) is 16.3 Å². The van der Waals surface area contributed by atoms with Crippen LogP contribution >= 0.6 is 0 Å². The Labute approximate surface area is 105 Å². The summed E-state index contributed by atoms with van der Waals surface area (Å²) in [6, 6.07) is 7.55. The standard InChI is InChI=1S/C14H15N3O/c1-16-9-12(8-15)10-3-4-13-11(7-10)5-6-17(2)14(13)18/h3-9H,15H2,1-2H3.